The van der Waals surface area contributed by atoms with Crippen molar-refractivity contribution in [3.63, 3.8) is 0 Å². The molecule has 21 N–H and O–H groups in total. The molecule has 6 aliphatic heterocycles. The smallest absolute Gasteiger partial charge is 0.187 e. The highest BCUT2D eigenvalue weighted by Crippen LogP contribution is 2.35. The summed E-state index contributed by atoms with van der Waals surface area (Å²) in [5.74, 6) is 0. The Morgan fingerprint density at radius 1 is 0.321 bits per heavy atom. The number of hydrogen-bond donors (Lipinski definition) is 21. The van der Waals surface area contributed by atoms with Crippen molar-refractivity contribution in [2.24, 2.45) is 0 Å². The van der Waals surface area contributed by atoms with Crippen LogP contribution in [0.5, 0.6) is 0 Å². The summed E-state index contributed by atoms with van der Waals surface area (Å²) in [4.78, 5) is 0. The lowest BCUT2D eigenvalue weighted by Crippen LogP contribution is -2.66. The molecular formula is C47H76O34. The fraction of sp³-hybridized carbons (Fsp3) is 0.872. The van der Waals surface area contributed by atoms with E-state index in [1.54, 1.807) is 30.3 Å². The predicted molar refractivity (Wildman–Crippen MR) is 251 cm³/mol. The van der Waals surface area contributed by atoms with Crippen LogP contribution in [0.1, 0.15) is 5.56 Å². The zero-order valence-corrected chi connectivity index (χ0v) is 42.9. The maximum atomic E-state index is 11.7. The van der Waals surface area contributed by atoms with Gasteiger partial charge in [-0.3, -0.25) is 0 Å². The summed E-state index contributed by atoms with van der Waals surface area (Å²) in [5.41, 5.74) is 0.580. The van der Waals surface area contributed by atoms with Gasteiger partial charge >= 0.3 is 0 Å². The molecule has 34 nitrogen and oxygen atoms in total. The average Bonchev–Trinajstić information content (AvgIpc) is 3.54. The number of hydrogen-bond acceptors (Lipinski definition) is 34. The van der Waals surface area contributed by atoms with Gasteiger partial charge in [-0.05, 0) is 5.56 Å². The van der Waals surface area contributed by atoms with Crippen molar-refractivity contribution in [3.05, 3.63) is 35.9 Å². The molecule has 468 valence electrons. The highest BCUT2D eigenvalue weighted by molar-refractivity contribution is 5.13. The minimum absolute atomic E-state index is 0.186. The number of rotatable bonds is 24. The van der Waals surface area contributed by atoms with Gasteiger partial charge in [0.2, 0.25) is 0 Å². The summed E-state index contributed by atoms with van der Waals surface area (Å²) >= 11 is 0. The van der Waals surface area contributed by atoms with Crippen LogP contribution in [0.25, 0.3) is 0 Å². The summed E-state index contributed by atoms with van der Waals surface area (Å²) in [6, 6.07) is 8.41. The van der Waals surface area contributed by atoms with Gasteiger partial charge in [-0.25, -0.2) is 0 Å². The molecule has 0 aromatic heterocycles. The lowest BCUT2D eigenvalue weighted by Gasteiger charge is -2.48. The van der Waals surface area contributed by atoms with Gasteiger partial charge in [0.05, 0.1) is 59.5 Å². The molecule has 6 saturated heterocycles. The van der Waals surface area contributed by atoms with Gasteiger partial charge in [-0.1, -0.05) is 30.3 Å². The zero-order valence-electron chi connectivity index (χ0n) is 42.9. The largest absolute Gasteiger partial charge is 0.394 e. The fourth-order valence-electron chi connectivity index (χ4n) is 9.90. The molecule has 34 heteroatoms. The molecule has 6 aliphatic rings. The lowest BCUT2D eigenvalue weighted by atomic mass is 9.96. The van der Waals surface area contributed by atoms with Gasteiger partial charge in [0, 0.05) is 0 Å². The molecule has 0 spiro atoms. The van der Waals surface area contributed by atoms with Crippen molar-refractivity contribution < 1.29 is 169 Å². The van der Waals surface area contributed by atoms with Gasteiger partial charge in [0.25, 0.3) is 0 Å². The van der Waals surface area contributed by atoms with Crippen molar-refractivity contribution in [1.82, 2.24) is 0 Å². The first-order valence-electron chi connectivity index (χ1n) is 25.9. The molecule has 7 rings (SSSR count). The number of ether oxygens (including phenoxy) is 13. The quantitative estimate of drug-likeness (QED) is 0.0457. The Labute approximate surface area is 460 Å². The van der Waals surface area contributed by atoms with E-state index >= 15 is 0 Å². The maximum absolute atomic E-state index is 11.7. The van der Waals surface area contributed by atoms with E-state index in [-0.39, 0.29) is 6.61 Å². The second-order valence-electron chi connectivity index (χ2n) is 20.2. The topological polar surface area (TPSA) is 545 Å². The van der Waals surface area contributed by atoms with Crippen molar-refractivity contribution in [2.75, 3.05) is 52.9 Å². The van der Waals surface area contributed by atoms with Gasteiger partial charge in [-0.15, -0.1) is 0 Å². The van der Waals surface area contributed by atoms with Crippen LogP contribution in [0.15, 0.2) is 30.3 Å². The van der Waals surface area contributed by atoms with Crippen LogP contribution in [0.3, 0.4) is 0 Å². The van der Waals surface area contributed by atoms with Gasteiger partial charge in [0.1, 0.15) is 159 Å². The Hall–Kier alpha value is -2.14. The van der Waals surface area contributed by atoms with Crippen LogP contribution < -0.4 is 0 Å². The first kappa shape index (κ1) is 66.4. The summed E-state index contributed by atoms with van der Waals surface area (Å²) < 4.78 is 75.1. The molecule has 32 atom stereocenters. The van der Waals surface area contributed by atoms with Crippen LogP contribution in [0.2, 0.25) is 0 Å². The Kier molecular flexibility index (Phi) is 24.6. The first-order valence-corrected chi connectivity index (χ1v) is 25.9. The van der Waals surface area contributed by atoms with Crippen LogP contribution >= 0.6 is 0 Å². The molecule has 0 radical (unpaired) electrons. The summed E-state index contributed by atoms with van der Waals surface area (Å²) in [7, 11) is 0. The Balaban J connectivity index is 1.17. The van der Waals surface area contributed by atoms with Crippen LogP contribution in [-0.2, 0) is 68.2 Å². The highest BCUT2D eigenvalue weighted by atomic mass is 16.8. The number of aliphatic hydroxyl groups is 21. The highest BCUT2D eigenvalue weighted by Gasteiger charge is 2.56. The molecule has 1 aromatic carbocycles. The van der Waals surface area contributed by atoms with E-state index < -0.39 is 249 Å². The van der Waals surface area contributed by atoms with Crippen molar-refractivity contribution >= 4 is 0 Å². The molecule has 6 heterocycles. The Morgan fingerprint density at radius 3 is 0.963 bits per heavy atom. The predicted octanol–water partition coefficient (Wildman–Crippen LogP) is -13.1. The molecule has 0 saturated carbocycles. The molecule has 1 aromatic rings. The molecule has 0 amide bonds. The van der Waals surface area contributed by atoms with E-state index in [4.69, 9.17) is 61.6 Å². The van der Waals surface area contributed by atoms with E-state index in [1.165, 1.54) is 0 Å². The Morgan fingerprint density at radius 2 is 0.617 bits per heavy atom. The molecule has 6 fully saturated rings. The summed E-state index contributed by atoms with van der Waals surface area (Å²) in [6.45, 7) is -7.51. The van der Waals surface area contributed by atoms with E-state index in [1.807, 2.05) is 0 Å². The number of benzene rings is 1. The molecule has 0 bridgehead atoms. The minimum Gasteiger partial charge on any atom is -0.394 e. The first-order chi connectivity index (χ1) is 38.6. The summed E-state index contributed by atoms with van der Waals surface area (Å²) in [6.07, 6.45) is -61.0. The summed E-state index contributed by atoms with van der Waals surface area (Å²) in [5, 5.41) is 224. The third-order valence-electron chi connectivity index (χ3n) is 14.7. The molecule has 0 unspecified atom stereocenters. The molecule has 81 heavy (non-hydrogen) atoms. The van der Waals surface area contributed by atoms with Gasteiger partial charge in [-0.2, -0.15) is 0 Å². The van der Waals surface area contributed by atoms with E-state index in [2.05, 4.69) is 0 Å². The fourth-order valence-corrected chi connectivity index (χ4v) is 9.90. The maximum Gasteiger partial charge on any atom is 0.187 e. The third kappa shape index (κ3) is 15.0. The average molecular weight is 1190 g/mol. The molecule has 0 aliphatic carbocycles. The second kappa shape index (κ2) is 30.0. The lowest BCUT2D eigenvalue weighted by molar-refractivity contribution is -0.382. The van der Waals surface area contributed by atoms with Gasteiger partial charge < -0.3 is 169 Å². The van der Waals surface area contributed by atoms with Crippen molar-refractivity contribution in [1.29, 1.82) is 0 Å². The third-order valence-corrected chi connectivity index (χ3v) is 14.7. The van der Waals surface area contributed by atoms with Crippen molar-refractivity contribution in [3.8, 4) is 0 Å². The monoisotopic (exact) mass is 1180 g/mol. The van der Waals surface area contributed by atoms with Gasteiger partial charge in [0.15, 0.2) is 37.7 Å². The van der Waals surface area contributed by atoms with E-state index in [9.17, 15) is 107 Å². The van der Waals surface area contributed by atoms with Crippen molar-refractivity contribution in [2.45, 2.75) is 203 Å². The minimum atomic E-state index is -2.24. The molecular weight excluding hydrogens is 1110 g/mol. The second-order valence-corrected chi connectivity index (χ2v) is 20.2. The van der Waals surface area contributed by atoms with Crippen LogP contribution in [0.4, 0.5) is 0 Å². The SMILES string of the molecule is OC[C@H]1O[C@@H](O[C@H]2[C@H](O)[C@@H](O)[C@H](OC[C@@H](O[C@@H]3O[C@H](CO)[C@@H](O[C@@H]4O[C@H](CO)[C@H](O)[C@H](O)[C@H]4O)[C@H](O)[C@H]3O)[C@@H](COCc3ccccc3)O[C@@H]3O[C@H](CO)[C@@H](O[C@@H]4O[C@H](CO)[C@H](O)[C@H](O)[C@H]4O)[C@H](O)[C@H]3O)O[C@@H]2CO)[C@H](O)[C@@H](O)[C@H]1O. The zero-order chi connectivity index (χ0) is 59.1. The Bertz CT molecular complexity index is 1980. The van der Waals surface area contributed by atoms with E-state index in [0.29, 0.717) is 5.56 Å². The standard InChI is InChI=1S/C47H76O34/c48-6-16-24(54)27(57)33(63)45(71-16)79-39-19(9-51)74-42(36(66)30(39)60)70-14-23(78-44-38(68)32(62)41(21(11-53)76-44)81-47-35(65)29(59)26(56)18(8-50)73-47)22(13-69-12-15-4-2-1-3-5-15)77-43-37(67)31(61)40(20(10-52)75-43)80-46-34(64)28(58)25(55)17(7-49)72-46/h1-5,16-68H,6-14H2/t16-,17-,18-,19-,20-,21-,22-,23-,24+,25+,26+,27+,28+,29+,30-,31-,32-,33-,34-,35-,36-,37-,38-,39-,40-,41-,42-,43+,44+,45+,46+,47+/m1/s1. The van der Waals surface area contributed by atoms with Crippen LogP contribution in [-0.4, -0.2) is 357 Å². The number of aliphatic hydroxyl groups excluding tert-OH is 21. The normalized spacial score (nSPS) is 47.0. The van der Waals surface area contributed by atoms with Crippen LogP contribution in [0, 0.1) is 0 Å². The van der Waals surface area contributed by atoms with E-state index in [0.717, 1.165) is 0 Å².